The van der Waals surface area contributed by atoms with Crippen LogP contribution in [0.5, 0.6) is 0 Å². The Kier molecular flexibility index (Phi) is 4.07. The SMILES string of the molecule is Cc1ccc(C(N=S(C)(=O)O)N(C)C)cc1. The Hall–Kier alpha value is -0.910. The number of aryl methyl sites for hydroxylation is 1. The summed E-state index contributed by atoms with van der Waals surface area (Å²) in [5.74, 6) is 0. The molecule has 0 bridgehead atoms. The molecule has 0 heterocycles. The van der Waals surface area contributed by atoms with Gasteiger partial charge in [-0.25, -0.2) is 4.21 Å². The average Bonchev–Trinajstić information content (AvgIpc) is 2.14. The quantitative estimate of drug-likeness (QED) is 0.883. The van der Waals surface area contributed by atoms with E-state index < -0.39 is 10.0 Å². The molecule has 0 saturated heterocycles. The lowest BCUT2D eigenvalue weighted by Gasteiger charge is -2.20. The molecule has 5 heteroatoms. The summed E-state index contributed by atoms with van der Waals surface area (Å²) in [4.78, 5) is 1.81. The van der Waals surface area contributed by atoms with E-state index in [4.69, 9.17) is 0 Å². The van der Waals surface area contributed by atoms with Crippen LogP contribution in [0.2, 0.25) is 0 Å². The first-order chi connectivity index (χ1) is 7.29. The molecule has 0 fully saturated rings. The van der Waals surface area contributed by atoms with Gasteiger partial charge in [-0.3, -0.25) is 4.90 Å². The molecular formula is C11H18N2O2S. The van der Waals surface area contributed by atoms with Gasteiger partial charge < -0.3 is 4.55 Å². The van der Waals surface area contributed by atoms with Crippen LogP contribution in [0.1, 0.15) is 17.3 Å². The zero-order chi connectivity index (χ0) is 12.3. The second-order valence-corrected chi connectivity index (χ2v) is 5.85. The fourth-order valence-electron chi connectivity index (χ4n) is 1.38. The zero-order valence-electron chi connectivity index (χ0n) is 10.0. The highest BCUT2D eigenvalue weighted by molar-refractivity contribution is 7.87. The third-order valence-corrected chi connectivity index (χ3v) is 2.75. The lowest BCUT2D eigenvalue weighted by molar-refractivity contribution is 0.309. The number of benzene rings is 1. The minimum absolute atomic E-state index is 0.386. The fraction of sp³-hybridized carbons (Fsp3) is 0.455. The van der Waals surface area contributed by atoms with E-state index in [2.05, 4.69) is 4.36 Å². The van der Waals surface area contributed by atoms with Gasteiger partial charge in [0.1, 0.15) is 6.17 Å². The maximum atomic E-state index is 11.3. The molecule has 0 spiro atoms. The van der Waals surface area contributed by atoms with Crippen molar-refractivity contribution in [2.75, 3.05) is 20.4 Å². The minimum atomic E-state index is -3.09. The molecule has 2 unspecified atom stereocenters. The highest BCUT2D eigenvalue weighted by Crippen LogP contribution is 2.21. The summed E-state index contributed by atoms with van der Waals surface area (Å²) in [6, 6.07) is 7.79. The number of rotatable bonds is 3. The Balaban J connectivity index is 3.14. The van der Waals surface area contributed by atoms with Gasteiger partial charge in [0.25, 0.3) is 0 Å². The van der Waals surface area contributed by atoms with Crippen LogP contribution < -0.4 is 0 Å². The topological polar surface area (TPSA) is 52.9 Å². The fourth-order valence-corrected chi connectivity index (χ4v) is 2.06. The van der Waals surface area contributed by atoms with Gasteiger partial charge >= 0.3 is 0 Å². The highest BCUT2D eigenvalue weighted by atomic mass is 32.2. The largest absolute Gasteiger partial charge is 0.301 e. The molecule has 90 valence electrons. The summed E-state index contributed by atoms with van der Waals surface area (Å²) >= 11 is 0. The van der Waals surface area contributed by atoms with Crippen LogP contribution in [0.4, 0.5) is 0 Å². The predicted octanol–water partition coefficient (Wildman–Crippen LogP) is 2.13. The summed E-state index contributed by atoms with van der Waals surface area (Å²) in [6.07, 6.45) is 0.834. The maximum absolute atomic E-state index is 11.3. The van der Waals surface area contributed by atoms with Gasteiger partial charge in [0.15, 0.2) is 10.0 Å². The van der Waals surface area contributed by atoms with Gasteiger partial charge in [-0.15, -0.1) is 0 Å². The van der Waals surface area contributed by atoms with Crippen molar-refractivity contribution in [1.82, 2.24) is 4.90 Å². The van der Waals surface area contributed by atoms with Gasteiger partial charge in [0, 0.05) is 6.26 Å². The minimum Gasteiger partial charge on any atom is -0.301 e. The first-order valence-electron chi connectivity index (χ1n) is 4.96. The smallest absolute Gasteiger partial charge is 0.159 e. The van der Waals surface area contributed by atoms with E-state index in [0.29, 0.717) is 0 Å². The van der Waals surface area contributed by atoms with Gasteiger partial charge in [-0.2, -0.15) is 4.36 Å². The predicted molar refractivity (Wildman–Crippen MR) is 66.7 cm³/mol. The molecule has 1 aromatic carbocycles. The zero-order valence-corrected chi connectivity index (χ0v) is 10.9. The summed E-state index contributed by atoms with van der Waals surface area (Å²) < 4.78 is 24.5. The van der Waals surface area contributed by atoms with Crippen molar-refractivity contribution < 1.29 is 8.76 Å². The van der Waals surface area contributed by atoms with Crippen molar-refractivity contribution in [3.63, 3.8) is 0 Å². The van der Waals surface area contributed by atoms with Crippen LogP contribution in [-0.2, 0) is 10.0 Å². The lowest BCUT2D eigenvalue weighted by atomic mass is 10.1. The van der Waals surface area contributed by atoms with Crippen LogP contribution in [0, 0.1) is 6.92 Å². The molecule has 0 saturated carbocycles. The van der Waals surface area contributed by atoms with Crippen LogP contribution in [0.3, 0.4) is 0 Å². The van der Waals surface area contributed by atoms with Crippen LogP contribution in [0.25, 0.3) is 0 Å². The van der Waals surface area contributed by atoms with Crippen molar-refractivity contribution in [3.05, 3.63) is 35.4 Å². The van der Waals surface area contributed by atoms with Crippen molar-refractivity contribution in [3.8, 4) is 0 Å². The molecule has 0 aromatic heterocycles. The number of hydrogen-bond acceptors (Lipinski definition) is 3. The molecule has 1 aromatic rings. The van der Waals surface area contributed by atoms with Crippen molar-refractivity contribution in [2.45, 2.75) is 13.1 Å². The molecule has 0 aliphatic carbocycles. The third-order valence-electron chi connectivity index (χ3n) is 2.16. The lowest BCUT2D eigenvalue weighted by Crippen LogP contribution is -2.19. The molecule has 0 aliphatic heterocycles. The van der Waals surface area contributed by atoms with Crippen LogP contribution in [-0.4, -0.2) is 34.0 Å². The first-order valence-corrected chi connectivity index (χ1v) is 6.84. The highest BCUT2D eigenvalue weighted by Gasteiger charge is 2.14. The maximum Gasteiger partial charge on any atom is 0.159 e. The third kappa shape index (κ3) is 3.92. The average molecular weight is 242 g/mol. The van der Waals surface area contributed by atoms with Crippen LogP contribution in [0.15, 0.2) is 28.6 Å². The molecule has 1 N–H and O–H groups in total. The summed E-state index contributed by atoms with van der Waals surface area (Å²) in [7, 11) is 0.572. The van der Waals surface area contributed by atoms with Gasteiger partial charge in [0.05, 0.1) is 0 Å². The van der Waals surface area contributed by atoms with Crippen molar-refractivity contribution in [2.24, 2.45) is 4.36 Å². The molecule has 0 aliphatic rings. The Morgan fingerprint density at radius 3 is 2.19 bits per heavy atom. The van der Waals surface area contributed by atoms with Gasteiger partial charge in [0.2, 0.25) is 0 Å². The standard InChI is InChI=1S/C11H18N2O2S/c1-9-5-7-10(8-6-9)11(13(2)3)12-16(4,14)15/h5-8,11H,1-4H3,(H,12,14,15). The summed E-state index contributed by atoms with van der Waals surface area (Å²) in [5.41, 5.74) is 2.07. The van der Waals surface area contributed by atoms with Crippen LogP contribution >= 0.6 is 0 Å². The van der Waals surface area contributed by atoms with E-state index in [1.54, 1.807) is 0 Å². The Labute approximate surface area is 97.3 Å². The Bertz CT molecular complexity index is 451. The first kappa shape index (κ1) is 13.2. The molecule has 16 heavy (non-hydrogen) atoms. The molecule has 1 rings (SSSR count). The second-order valence-electron chi connectivity index (χ2n) is 4.12. The summed E-state index contributed by atoms with van der Waals surface area (Å²) in [5, 5.41) is 0. The number of hydrogen-bond donors (Lipinski definition) is 1. The van der Waals surface area contributed by atoms with E-state index >= 15 is 0 Å². The van der Waals surface area contributed by atoms with Gasteiger partial charge in [-0.05, 0) is 26.6 Å². The number of nitrogens with zero attached hydrogens (tertiary/aromatic N) is 2. The molecular weight excluding hydrogens is 224 g/mol. The van der Waals surface area contributed by atoms with E-state index in [1.165, 1.54) is 6.26 Å². The normalized spacial score (nSPS) is 16.9. The van der Waals surface area contributed by atoms with E-state index in [9.17, 15) is 8.76 Å². The van der Waals surface area contributed by atoms with Crippen molar-refractivity contribution in [1.29, 1.82) is 0 Å². The molecule has 4 nitrogen and oxygen atoms in total. The van der Waals surface area contributed by atoms with E-state index in [1.807, 2.05) is 50.2 Å². The molecule has 2 atom stereocenters. The van der Waals surface area contributed by atoms with Gasteiger partial charge in [-0.1, -0.05) is 29.8 Å². The van der Waals surface area contributed by atoms with E-state index in [-0.39, 0.29) is 6.17 Å². The monoisotopic (exact) mass is 242 g/mol. The Morgan fingerprint density at radius 2 is 1.81 bits per heavy atom. The Morgan fingerprint density at radius 1 is 1.31 bits per heavy atom. The molecule has 0 radical (unpaired) electrons. The van der Waals surface area contributed by atoms with Crippen molar-refractivity contribution >= 4 is 10.0 Å². The summed E-state index contributed by atoms with van der Waals surface area (Å²) in [6.45, 7) is 2.00. The van der Waals surface area contributed by atoms with E-state index in [0.717, 1.165) is 11.1 Å². The second kappa shape index (κ2) is 4.95. The molecule has 0 amide bonds.